The Morgan fingerprint density at radius 1 is 0.944 bits per heavy atom. The lowest BCUT2D eigenvalue weighted by molar-refractivity contribution is 0.00509. The molecule has 1 saturated heterocycles. The van der Waals surface area contributed by atoms with E-state index in [1.165, 1.54) is 0 Å². The standard InChI is InChI=1S/C10H6F5NO2/c11-5-4(10(18)16-1-3(17)2-16)6(12)8(14)9(15)7(5)13/h3,17H,1-2H2. The van der Waals surface area contributed by atoms with Crippen LogP contribution in [0.2, 0.25) is 0 Å². The lowest BCUT2D eigenvalue weighted by Crippen LogP contribution is -2.53. The number of amides is 1. The first kappa shape index (κ1) is 12.7. The molecule has 1 aliphatic heterocycles. The number of β-amino-alcohol motifs (C(OH)–C–C–N with tert-alkyl or cyclic N) is 1. The van der Waals surface area contributed by atoms with E-state index in [1.54, 1.807) is 0 Å². The molecule has 1 amide bonds. The number of halogens is 5. The molecule has 0 unspecified atom stereocenters. The molecule has 3 nitrogen and oxygen atoms in total. The second-order valence-corrected chi connectivity index (χ2v) is 3.81. The Balaban J connectivity index is 2.48. The molecular formula is C10H6F5NO2. The number of carbonyl (C=O) groups excluding carboxylic acids is 1. The van der Waals surface area contributed by atoms with Gasteiger partial charge in [0.2, 0.25) is 5.82 Å². The molecule has 18 heavy (non-hydrogen) atoms. The van der Waals surface area contributed by atoms with Crippen LogP contribution in [-0.2, 0) is 0 Å². The zero-order chi connectivity index (χ0) is 13.6. The summed E-state index contributed by atoms with van der Waals surface area (Å²) in [4.78, 5) is 12.3. The molecule has 98 valence electrons. The highest BCUT2D eigenvalue weighted by Gasteiger charge is 2.36. The number of hydrogen-bond donors (Lipinski definition) is 1. The van der Waals surface area contributed by atoms with Gasteiger partial charge < -0.3 is 10.0 Å². The maximum absolute atomic E-state index is 13.2. The number of carbonyl (C=O) groups is 1. The van der Waals surface area contributed by atoms with Crippen molar-refractivity contribution in [2.45, 2.75) is 6.10 Å². The SMILES string of the molecule is O=C(c1c(F)c(F)c(F)c(F)c1F)N1CC(O)C1. The summed E-state index contributed by atoms with van der Waals surface area (Å²) in [5, 5.41) is 8.92. The van der Waals surface area contributed by atoms with Gasteiger partial charge in [0.25, 0.3) is 5.91 Å². The van der Waals surface area contributed by atoms with Gasteiger partial charge in [0.15, 0.2) is 23.3 Å². The smallest absolute Gasteiger partial charge is 0.260 e. The molecule has 0 spiro atoms. The van der Waals surface area contributed by atoms with Crippen molar-refractivity contribution in [1.29, 1.82) is 0 Å². The van der Waals surface area contributed by atoms with Crippen LogP contribution in [0.4, 0.5) is 22.0 Å². The number of benzene rings is 1. The average molecular weight is 267 g/mol. The Kier molecular flexibility index (Phi) is 2.97. The molecule has 2 rings (SSSR count). The van der Waals surface area contributed by atoms with Crippen LogP contribution in [0.15, 0.2) is 0 Å². The van der Waals surface area contributed by atoms with E-state index in [2.05, 4.69) is 0 Å². The van der Waals surface area contributed by atoms with Gasteiger partial charge in [0, 0.05) is 13.1 Å². The van der Waals surface area contributed by atoms with Gasteiger partial charge in [-0.15, -0.1) is 0 Å². The summed E-state index contributed by atoms with van der Waals surface area (Å²) in [6.45, 7) is -0.420. The van der Waals surface area contributed by atoms with Gasteiger partial charge in [-0.3, -0.25) is 4.79 Å². The fraction of sp³-hybridized carbons (Fsp3) is 0.300. The first-order valence-corrected chi connectivity index (χ1v) is 4.83. The maximum Gasteiger partial charge on any atom is 0.260 e. The molecule has 8 heteroatoms. The maximum atomic E-state index is 13.2. The van der Waals surface area contributed by atoms with Gasteiger partial charge in [-0.25, -0.2) is 22.0 Å². The molecule has 0 aromatic heterocycles. The minimum absolute atomic E-state index is 0.210. The normalized spacial score (nSPS) is 15.8. The Hall–Kier alpha value is -1.70. The fourth-order valence-electron chi connectivity index (χ4n) is 1.57. The van der Waals surface area contributed by atoms with Crippen molar-refractivity contribution in [1.82, 2.24) is 4.90 Å². The van der Waals surface area contributed by atoms with Crippen LogP contribution in [0.3, 0.4) is 0 Å². The number of aliphatic hydroxyl groups is 1. The van der Waals surface area contributed by atoms with E-state index in [9.17, 15) is 26.7 Å². The lowest BCUT2D eigenvalue weighted by atomic mass is 10.1. The van der Waals surface area contributed by atoms with Crippen LogP contribution < -0.4 is 0 Å². The molecule has 1 heterocycles. The average Bonchev–Trinajstić information content (AvgIpc) is 2.30. The van der Waals surface area contributed by atoms with Crippen molar-refractivity contribution in [3.8, 4) is 0 Å². The fourth-order valence-corrected chi connectivity index (χ4v) is 1.57. The quantitative estimate of drug-likeness (QED) is 0.472. The second kappa shape index (κ2) is 4.20. The van der Waals surface area contributed by atoms with Crippen LogP contribution in [0.1, 0.15) is 10.4 Å². The summed E-state index contributed by atoms with van der Waals surface area (Å²) >= 11 is 0. The van der Waals surface area contributed by atoms with E-state index in [1.807, 2.05) is 0 Å². The van der Waals surface area contributed by atoms with Crippen molar-refractivity contribution in [3.63, 3.8) is 0 Å². The van der Waals surface area contributed by atoms with E-state index in [4.69, 9.17) is 5.11 Å². The van der Waals surface area contributed by atoms with Crippen LogP contribution in [0.25, 0.3) is 0 Å². The zero-order valence-electron chi connectivity index (χ0n) is 8.68. The predicted molar refractivity (Wildman–Crippen MR) is 48.1 cm³/mol. The molecule has 1 aromatic carbocycles. The molecular weight excluding hydrogens is 261 g/mol. The topological polar surface area (TPSA) is 40.5 Å². The predicted octanol–water partition coefficient (Wildman–Crippen LogP) is 1.20. The van der Waals surface area contributed by atoms with Crippen molar-refractivity contribution < 1.29 is 31.9 Å². The summed E-state index contributed by atoms with van der Waals surface area (Å²) < 4.78 is 64.9. The van der Waals surface area contributed by atoms with Crippen LogP contribution in [-0.4, -0.2) is 35.1 Å². The molecule has 1 aromatic rings. The third-order valence-corrected chi connectivity index (χ3v) is 2.57. The van der Waals surface area contributed by atoms with Crippen molar-refractivity contribution >= 4 is 5.91 Å². The molecule has 1 N–H and O–H groups in total. The first-order chi connectivity index (χ1) is 8.34. The third-order valence-electron chi connectivity index (χ3n) is 2.57. The number of aliphatic hydroxyl groups excluding tert-OH is 1. The van der Waals surface area contributed by atoms with Gasteiger partial charge in [0.05, 0.1) is 6.10 Å². The first-order valence-electron chi connectivity index (χ1n) is 4.83. The minimum Gasteiger partial charge on any atom is -0.389 e. The van der Waals surface area contributed by atoms with Gasteiger partial charge in [-0.05, 0) is 0 Å². The third kappa shape index (κ3) is 1.72. The van der Waals surface area contributed by atoms with Crippen molar-refractivity contribution in [2.24, 2.45) is 0 Å². The van der Waals surface area contributed by atoms with Crippen molar-refractivity contribution in [3.05, 3.63) is 34.6 Å². The van der Waals surface area contributed by atoms with Gasteiger partial charge in [0.1, 0.15) is 5.56 Å². The molecule has 0 saturated carbocycles. The Bertz CT molecular complexity index is 498. The molecule has 0 aliphatic carbocycles. The monoisotopic (exact) mass is 267 g/mol. The summed E-state index contributed by atoms with van der Waals surface area (Å²) in [5.74, 6) is -12.3. The Morgan fingerprint density at radius 3 is 1.72 bits per heavy atom. The van der Waals surface area contributed by atoms with E-state index in [-0.39, 0.29) is 13.1 Å². The summed E-state index contributed by atoms with van der Waals surface area (Å²) in [6, 6.07) is 0. The van der Waals surface area contributed by atoms with E-state index < -0.39 is 46.7 Å². The van der Waals surface area contributed by atoms with E-state index in [0.717, 1.165) is 4.90 Å². The number of hydrogen-bond acceptors (Lipinski definition) is 2. The van der Waals surface area contributed by atoms with Crippen LogP contribution in [0.5, 0.6) is 0 Å². The van der Waals surface area contributed by atoms with E-state index in [0.29, 0.717) is 0 Å². The van der Waals surface area contributed by atoms with Crippen LogP contribution in [0, 0.1) is 29.1 Å². The highest BCUT2D eigenvalue weighted by molar-refractivity contribution is 5.95. The van der Waals surface area contributed by atoms with Gasteiger partial charge >= 0.3 is 0 Å². The van der Waals surface area contributed by atoms with Crippen LogP contribution >= 0.6 is 0 Å². The summed E-state index contributed by atoms with van der Waals surface area (Å²) in [5.41, 5.74) is -1.50. The number of likely N-dealkylation sites (tertiary alicyclic amines) is 1. The lowest BCUT2D eigenvalue weighted by Gasteiger charge is -2.35. The van der Waals surface area contributed by atoms with Gasteiger partial charge in [-0.1, -0.05) is 0 Å². The largest absolute Gasteiger partial charge is 0.389 e. The highest BCUT2D eigenvalue weighted by Crippen LogP contribution is 2.25. The van der Waals surface area contributed by atoms with E-state index >= 15 is 0 Å². The molecule has 1 aliphatic rings. The van der Waals surface area contributed by atoms with Crippen molar-refractivity contribution in [2.75, 3.05) is 13.1 Å². The highest BCUT2D eigenvalue weighted by atomic mass is 19.2. The number of nitrogens with zero attached hydrogens (tertiary/aromatic N) is 1. The Morgan fingerprint density at radius 2 is 1.33 bits per heavy atom. The zero-order valence-corrected chi connectivity index (χ0v) is 8.68. The molecule has 0 bridgehead atoms. The van der Waals surface area contributed by atoms with Gasteiger partial charge in [-0.2, -0.15) is 0 Å². The second-order valence-electron chi connectivity index (χ2n) is 3.81. The molecule has 1 fully saturated rings. The Labute approximate surface area is 97.4 Å². The summed E-state index contributed by atoms with van der Waals surface area (Å²) in [7, 11) is 0. The minimum atomic E-state index is -2.31. The number of rotatable bonds is 1. The summed E-state index contributed by atoms with van der Waals surface area (Å²) in [6.07, 6.45) is -0.852. The molecule has 0 atom stereocenters. The molecule has 0 radical (unpaired) electrons.